The highest BCUT2D eigenvalue weighted by Crippen LogP contribution is 2.32. The van der Waals surface area contributed by atoms with Gasteiger partial charge in [0.2, 0.25) is 0 Å². The third-order valence-corrected chi connectivity index (χ3v) is 5.34. The van der Waals surface area contributed by atoms with Gasteiger partial charge in [-0.15, -0.1) is 5.11 Å². The molecule has 0 atom stereocenters. The summed E-state index contributed by atoms with van der Waals surface area (Å²) < 4.78 is 64.4. The van der Waals surface area contributed by atoms with E-state index in [1.165, 1.54) is 18.2 Å². The number of benzene rings is 2. The van der Waals surface area contributed by atoms with Gasteiger partial charge in [0.05, 0.1) is 16.2 Å². The van der Waals surface area contributed by atoms with Crippen LogP contribution in [0.2, 0.25) is 0 Å². The Morgan fingerprint density at radius 3 is 2.12 bits per heavy atom. The van der Waals surface area contributed by atoms with Crippen molar-refractivity contribution in [1.29, 1.82) is 0 Å². The molecule has 1 heterocycles. The Bertz CT molecular complexity index is 1210. The van der Waals surface area contributed by atoms with Crippen LogP contribution in [-0.2, 0) is 25.0 Å². The molecule has 0 aromatic heterocycles. The number of allylic oxidation sites excluding steroid dienone is 1. The van der Waals surface area contributed by atoms with Crippen LogP contribution < -0.4 is 0 Å². The molecule has 0 unspecified atom stereocenters. The van der Waals surface area contributed by atoms with Crippen molar-refractivity contribution in [1.82, 2.24) is 0 Å². The van der Waals surface area contributed by atoms with Gasteiger partial charge in [-0.25, -0.2) is 0 Å². The summed E-state index contributed by atoms with van der Waals surface area (Å²) in [5, 5.41) is 7.17. The zero-order valence-electron chi connectivity index (χ0n) is 12.5. The average Bonchev–Trinajstić information content (AvgIpc) is 2.82. The maximum atomic E-state index is 11.8. The first-order valence-corrected chi connectivity index (χ1v) is 9.56. The summed E-state index contributed by atoms with van der Waals surface area (Å²) in [5.41, 5.74) is 0.881. The molecule has 130 valence electrons. The van der Waals surface area contributed by atoms with Crippen LogP contribution in [0.4, 0.5) is 0 Å². The minimum atomic E-state index is -4.76. The molecule has 11 heteroatoms. The predicted molar refractivity (Wildman–Crippen MR) is 86.0 cm³/mol. The van der Waals surface area contributed by atoms with E-state index in [1.54, 1.807) is 6.92 Å². The van der Waals surface area contributed by atoms with Gasteiger partial charge in [0.25, 0.3) is 26.1 Å². The van der Waals surface area contributed by atoms with Crippen molar-refractivity contribution in [3.63, 3.8) is 0 Å². The molecule has 1 aliphatic rings. The van der Waals surface area contributed by atoms with Crippen LogP contribution >= 0.6 is 0 Å². The zero-order valence-corrected chi connectivity index (χ0v) is 14.2. The molecule has 0 saturated heterocycles. The second-order valence-corrected chi connectivity index (χ2v) is 8.08. The third-order valence-electron chi connectivity index (χ3n) is 3.62. The van der Waals surface area contributed by atoms with Crippen molar-refractivity contribution in [2.75, 3.05) is 0 Å². The van der Waals surface area contributed by atoms with E-state index in [0.717, 1.165) is 6.07 Å². The Morgan fingerprint density at radius 2 is 1.60 bits per heavy atom. The van der Waals surface area contributed by atoms with Crippen LogP contribution in [-0.4, -0.2) is 31.8 Å². The SMILES string of the molecule is CC1=C(c2ccc3c(S(=O)(=O)O)cc(S(=O)(=O)O)cc3c2)C(=O)N=N1. The van der Waals surface area contributed by atoms with E-state index in [-0.39, 0.29) is 16.3 Å². The maximum Gasteiger partial charge on any atom is 0.297 e. The smallest absolute Gasteiger partial charge is 0.282 e. The van der Waals surface area contributed by atoms with Crippen LogP contribution in [0.25, 0.3) is 16.3 Å². The summed E-state index contributed by atoms with van der Waals surface area (Å²) in [4.78, 5) is 10.4. The summed E-state index contributed by atoms with van der Waals surface area (Å²) in [5.74, 6) is -0.585. The van der Waals surface area contributed by atoms with E-state index >= 15 is 0 Å². The molecule has 25 heavy (non-hydrogen) atoms. The molecule has 2 N–H and O–H groups in total. The Labute approximate surface area is 142 Å². The van der Waals surface area contributed by atoms with E-state index in [2.05, 4.69) is 10.2 Å². The predicted octanol–water partition coefficient (Wildman–Crippen LogP) is 2.06. The summed E-state index contributed by atoms with van der Waals surface area (Å²) in [7, 11) is -9.48. The Balaban J connectivity index is 2.37. The van der Waals surface area contributed by atoms with Gasteiger partial charge in [-0.05, 0) is 36.1 Å². The topological polar surface area (TPSA) is 151 Å². The van der Waals surface area contributed by atoms with Crippen molar-refractivity contribution in [3.05, 3.63) is 41.6 Å². The fourth-order valence-corrected chi connectivity index (χ4v) is 3.89. The lowest BCUT2D eigenvalue weighted by atomic mass is 10.00. The van der Waals surface area contributed by atoms with Gasteiger partial charge in [0.15, 0.2) is 0 Å². The molecule has 1 amide bonds. The first kappa shape index (κ1) is 17.4. The van der Waals surface area contributed by atoms with Crippen molar-refractivity contribution in [3.8, 4) is 0 Å². The second-order valence-electron chi connectivity index (χ2n) is 5.27. The van der Waals surface area contributed by atoms with Crippen LogP contribution in [0.3, 0.4) is 0 Å². The molecule has 0 fully saturated rings. The van der Waals surface area contributed by atoms with Crippen molar-refractivity contribution in [2.24, 2.45) is 10.2 Å². The number of rotatable bonds is 3. The van der Waals surface area contributed by atoms with Gasteiger partial charge in [-0.2, -0.15) is 21.9 Å². The molecule has 1 aliphatic heterocycles. The molecule has 3 rings (SSSR count). The minimum Gasteiger partial charge on any atom is -0.282 e. The molecular weight excluding hydrogens is 372 g/mol. The number of hydrogen-bond acceptors (Lipinski definition) is 6. The molecule has 0 spiro atoms. The fraction of sp³-hybridized carbons (Fsp3) is 0.0714. The molecule has 2 aromatic rings. The van der Waals surface area contributed by atoms with Gasteiger partial charge in [-0.1, -0.05) is 12.1 Å². The van der Waals surface area contributed by atoms with Crippen molar-refractivity contribution >= 4 is 42.5 Å². The Hall–Kier alpha value is -2.47. The van der Waals surface area contributed by atoms with Crippen LogP contribution in [0.15, 0.2) is 56.0 Å². The van der Waals surface area contributed by atoms with Crippen LogP contribution in [0, 0.1) is 0 Å². The molecule has 0 aliphatic carbocycles. The van der Waals surface area contributed by atoms with E-state index < -0.39 is 35.9 Å². The molecule has 0 saturated carbocycles. The highest BCUT2D eigenvalue weighted by Gasteiger charge is 2.23. The van der Waals surface area contributed by atoms with Gasteiger partial charge in [0, 0.05) is 5.39 Å². The molecule has 9 nitrogen and oxygen atoms in total. The first-order valence-electron chi connectivity index (χ1n) is 6.68. The van der Waals surface area contributed by atoms with Gasteiger partial charge < -0.3 is 0 Å². The van der Waals surface area contributed by atoms with Crippen LogP contribution in [0.1, 0.15) is 12.5 Å². The molecular formula is C14H10N2O7S2. The lowest BCUT2D eigenvalue weighted by Crippen LogP contribution is -2.05. The Morgan fingerprint density at radius 1 is 0.920 bits per heavy atom. The minimum absolute atomic E-state index is 0.0243. The highest BCUT2D eigenvalue weighted by atomic mass is 32.2. The molecule has 0 radical (unpaired) electrons. The quantitative estimate of drug-likeness (QED) is 0.771. The lowest BCUT2D eigenvalue weighted by Gasteiger charge is -2.09. The van der Waals surface area contributed by atoms with Crippen molar-refractivity contribution < 1.29 is 30.7 Å². The largest absolute Gasteiger partial charge is 0.297 e. The third kappa shape index (κ3) is 3.09. The fourth-order valence-electron chi connectivity index (χ4n) is 2.53. The van der Waals surface area contributed by atoms with Crippen molar-refractivity contribution in [2.45, 2.75) is 16.7 Å². The number of carbonyl (C=O) groups excluding carboxylic acids is 1. The Kier molecular flexibility index (Phi) is 3.84. The van der Waals surface area contributed by atoms with Crippen LogP contribution in [0.5, 0.6) is 0 Å². The normalized spacial score (nSPS) is 15.4. The van der Waals surface area contributed by atoms with E-state index in [1.807, 2.05) is 0 Å². The van der Waals surface area contributed by atoms with E-state index in [0.29, 0.717) is 17.3 Å². The van der Waals surface area contributed by atoms with E-state index in [9.17, 15) is 30.7 Å². The maximum absolute atomic E-state index is 11.8. The number of azo groups is 1. The monoisotopic (exact) mass is 382 g/mol. The number of nitrogens with zero attached hydrogens (tertiary/aromatic N) is 2. The zero-order chi connectivity index (χ0) is 18.6. The number of carbonyl (C=O) groups is 1. The average molecular weight is 382 g/mol. The summed E-state index contributed by atoms with van der Waals surface area (Å²) in [6.07, 6.45) is 0. The summed E-state index contributed by atoms with van der Waals surface area (Å²) >= 11 is 0. The number of fused-ring (bicyclic) bond motifs is 1. The van der Waals surface area contributed by atoms with Gasteiger partial charge in [-0.3, -0.25) is 13.9 Å². The van der Waals surface area contributed by atoms with Gasteiger partial charge in [0.1, 0.15) is 4.90 Å². The molecule has 0 bridgehead atoms. The molecule has 2 aromatic carbocycles. The number of hydrogen-bond donors (Lipinski definition) is 2. The summed E-state index contributed by atoms with van der Waals surface area (Å²) in [6, 6.07) is 5.78. The standard InChI is InChI=1S/C14H10N2O7S2/c1-7-13(14(17)16-15-7)8-2-3-11-9(4-8)5-10(24(18,19)20)6-12(11)25(21,22)23/h2-6H,1H3,(H,18,19,20)(H,21,22,23). The van der Waals surface area contributed by atoms with Gasteiger partial charge >= 0.3 is 0 Å². The number of amides is 1. The summed E-state index contributed by atoms with van der Waals surface area (Å²) in [6.45, 7) is 1.56. The van der Waals surface area contributed by atoms with E-state index in [4.69, 9.17) is 0 Å². The highest BCUT2D eigenvalue weighted by molar-refractivity contribution is 7.86. The first-order chi connectivity index (χ1) is 11.5. The second kappa shape index (κ2) is 5.52. The lowest BCUT2D eigenvalue weighted by molar-refractivity contribution is -0.112.